The van der Waals surface area contributed by atoms with Crippen molar-refractivity contribution in [1.29, 1.82) is 0 Å². The highest BCUT2D eigenvalue weighted by Crippen LogP contribution is 2.20. The van der Waals surface area contributed by atoms with Crippen molar-refractivity contribution in [3.8, 4) is 0 Å². The van der Waals surface area contributed by atoms with Gasteiger partial charge in [-0.3, -0.25) is 4.79 Å². The Morgan fingerprint density at radius 2 is 2.22 bits per heavy atom. The van der Waals surface area contributed by atoms with E-state index in [0.29, 0.717) is 0 Å². The van der Waals surface area contributed by atoms with E-state index in [-0.39, 0.29) is 12.5 Å². The molecule has 0 spiro atoms. The van der Waals surface area contributed by atoms with Crippen molar-refractivity contribution < 1.29 is 4.79 Å². The van der Waals surface area contributed by atoms with Crippen molar-refractivity contribution in [1.82, 2.24) is 15.0 Å². The number of hydrogen-bond donors (Lipinski definition) is 1. The predicted octanol–water partition coefficient (Wildman–Crippen LogP) is 2.30. The third-order valence-electron chi connectivity index (χ3n) is 2.56. The lowest BCUT2D eigenvalue weighted by molar-refractivity contribution is -0.117. The fraction of sp³-hybridized carbons (Fsp3) is 0.250. The highest BCUT2D eigenvalue weighted by Gasteiger charge is 2.07. The average molecular weight is 309 g/mol. The van der Waals surface area contributed by atoms with Gasteiger partial charge in [0, 0.05) is 10.2 Å². The minimum absolute atomic E-state index is 0.126. The number of hydrogen-bond acceptors (Lipinski definition) is 3. The first-order chi connectivity index (χ1) is 8.56. The first-order valence-corrected chi connectivity index (χ1v) is 6.26. The van der Waals surface area contributed by atoms with E-state index in [0.717, 1.165) is 21.4 Å². The zero-order valence-corrected chi connectivity index (χ0v) is 11.7. The summed E-state index contributed by atoms with van der Waals surface area (Å²) in [6, 6.07) is 5.69. The summed E-state index contributed by atoms with van der Waals surface area (Å²) in [5, 5.41) is 10.4. The van der Waals surface area contributed by atoms with Crippen molar-refractivity contribution in [3.05, 3.63) is 40.1 Å². The number of nitrogens with one attached hydrogen (secondary N) is 1. The molecule has 1 aromatic heterocycles. The largest absolute Gasteiger partial charge is 0.324 e. The third-order valence-corrected chi connectivity index (χ3v) is 3.41. The van der Waals surface area contributed by atoms with E-state index in [9.17, 15) is 4.79 Å². The van der Waals surface area contributed by atoms with Gasteiger partial charge in [-0.25, -0.2) is 4.68 Å². The van der Waals surface area contributed by atoms with E-state index in [1.165, 1.54) is 0 Å². The maximum atomic E-state index is 11.8. The Hall–Kier alpha value is -1.69. The second-order valence-electron chi connectivity index (χ2n) is 4.05. The van der Waals surface area contributed by atoms with Crippen LogP contribution in [0.1, 0.15) is 11.3 Å². The van der Waals surface area contributed by atoms with Gasteiger partial charge in [0.1, 0.15) is 6.54 Å². The van der Waals surface area contributed by atoms with Crippen LogP contribution in [0.4, 0.5) is 5.69 Å². The topological polar surface area (TPSA) is 59.8 Å². The molecule has 1 heterocycles. The number of carbonyl (C=O) groups excluding carboxylic acids is 1. The lowest BCUT2D eigenvalue weighted by Crippen LogP contribution is -2.20. The highest BCUT2D eigenvalue weighted by molar-refractivity contribution is 9.10. The zero-order valence-electron chi connectivity index (χ0n) is 10.1. The van der Waals surface area contributed by atoms with Crippen LogP contribution in [0.5, 0.6) is 0 Å². The third kappa shape index (κ3) is 2.95. The van der Waals surface area contributed by atoms with Crippen LogP contribution < -0.4 is 5.32 Å². The molecular formula is C12H13BrN4O. The van der Waals surface area contributed by atoms with Crippen LogP contribution in [-0.4, -0.2) is 20.9 Å². The van der Waals surface area contributed by atoms with Crippen LogP contribution in [0, 0.1) is 13.8 Å². The molecule has 18 heavy (non-hydrogen) atoms. The van der Waals surface area contributed by atoms with E-state index in [1.54, 1.807) is 10.9 Å². The van der Waals surface area contributed by atoms with Crippen molar-refractivity contribution in [2.75, 3.05) is 5.32 Å². The summed E-state index contributed by atoms with van der Waals surface area (Å²) >= 11 is 3.43. The molecule has 1 aromatic carbocycles. The van der Waals surface area contributed by atoms with Crippen LogP contribution in [-0.2, 0) is 11.3 Å². The van der Waals surface area contributed by atoms with Crippen LogP contribution >= 0.6 is 15.9 Å². The minimum atomic E-state index is -0.126. The molecule has 0 fully saturated rings. The molecule has 0 atom stereocenters. The number of benzene rings is 1. The molecule has 1 amide bonds. The summed E-state index contributed by atoms with van der Waals surface area (Å²) in [6.07, 6.45) is 1.62. The van der Waals surface area contributed by atoms with Crippen molar-refractivity contribution in [3.63, 3.8) is 0 Å². The van der Waals surface area contributed by atoms with E-state index < -0.39 is 0 Å². The fourth-order valence-corrected chi connectivity index (χ4v) is 1.85. The lowest BCUT2D eigenvalue weighted by atomic mass is 10.2. The summed E-state index contributed by atoms with van der Waals surface area (Å²) in [6.45, 7) is 4.02. The van der Waals surface area contributed by atoms with Crippen LogP contribution in [0.25, 0.3) is 0 Å². The number of aryl methyl sites for hydroxylation is 2. The first-order valence-electron chi connectivity index (χ1n) is 5.47. The van der Waals surface area contributed by atoms with Gasteiger partial charge in [0.15, 0.2) is 0 Å². The molecule has 0 saturated carbocycles. The van der Waals surface area contributed by atoms with E-state index in [4.69, 9.17) is 0 Å². The molecule has 2 aromatic rings. The highest BCUT2D eigenvalue weighted by atomic mass is 79.9. The van der Waals surface area contributed by atoms with Crippen LogP contribution in [0.3, 0.4) is 0 Å². The maximum absolute atomic E-state index is 11.8. The standard InChI is InChI=1S/C12H13BrN4O/c1-8-3-4-10(5-11(8)13)15-12(18)7-17-9(2)6-14-16-17/h3-6H,7H2,1-2H3,(H,15,18). The normalized spacial score (nSPS) is 10.4. The number of halogens is 1. The quantitative estimate of drug-likeness (QED) is 0.946. The Labute approximate surface area is 113 Å². The SMILES string of the molecule is Cc1ccc(NC(=O)Cn2nncc2C)cc1Br. The summed E-state index contributed by atoms with van der Waals surface area (Å²) in [7, 11) is 0. The summed E-state index contributed by atoms with van der Waals surface area (Å²) in [5.74, 6) is -0.126. The molecule has 0 aliphatic rings. The molecule has 2 rings (SSSR count). The zero-order chi connectivity index (χ0) is 13.1. The molecule has 0 saturated heterocycles. The Morgan fingerprint density at radius 3 is 2.83 bits per heavy atom. The fourth-order valence-electron chi connectivity index (χ4n) is 1.47. The number of anilines is 1. The van der Waals surface area contributed by atoms with Gasteiger partial charge < -0.3 is 5.32 Å². The van der Waals surface area contributed by atoms with Crippen molar-refractivity contribution >= 4 is 27.5 Å². The number of rotatable bonds is 3. The first kappa shape index (κ1) is 12.8. The molecule has 0 radical (unpaired) electrons. The minimum Gasteiger partial charge on any atom is -0.324 e. The summed E-state index contributed by atoms with van der Waals surface area (Å²) < 4.78 is 2.52. The Balaban J connectivity index is 2.03. The van der Waals surface area contributed by atoms with Gasteiger partial charge in [-0.15, -0.1) is 5.10 Å². The number of nitrogens with zero attached hydrogens (tertiary/aromatic N) is 3. The molecule has 5 nitrogen and oxygen atoms in total. The molecule has 94 valence electrons. The lowest BCUT2D eigenvalue weighted by Gasteiger charge is -2.07. The van der Waals surface area contributed by atoms with Crippen molar-refractivity contribution in [2.45, 2.75) is 20.4 Å². The molecule has 1 N–H and O–H groups in total. The van der Waals surface area contributed by atoms with Crippen molar-refractivity contribution in [2.24, 2.45) is 0 Å². The molecular weight excluding hydrogens is 296 g/mol. The Kier molecular flexibility index (Phi) is 3.76. The van der Waals surface area contributed by atoms with Gasteiger partial charge in [0.05, 0.1) is 11.9 Å². The van der Waals surface area contributed by atoms with Gasteiger partial charge in [-0.1, -0.05) is 27.2 Å². The van der Waals surface area contributed by atoms with Gasteiger partial charge >= 0.3 is 0 Å². The molecule has 0 unspecified atom stereocenters. The molecule has 0 aliphatic carbocycles. The van der Waals surface area contributed by atoms with Gasteiger partial charge in [0.2, 0.25) is 5.91 Å². The molecule has 0 bridgehead atoms. The van der Waals surface area contributed by atoms with Crippen LogP contribution in [0.2, 0.25) is 0 Å². The maximum Gasteiger partial charge on any atom is 0.246 e. The smallest absolute Gasteiger partial charge is 0.246 e. The molecule has 0 aliphatic heterocycles. The van der Waals surface area contributed by atoms with Gasteiger partial charge in [-0.2, -0.15) is 0 Å². The number of carbonyl (C=O) groups is 1. The predicted molar refractivity (Wildman–Crippen MR) is 72.3 cm³/mol. The van der Waals surface area contributed by atoms with E-state index >= 15 is 0 Å². The monoisotopic (exact) mass is 308 g/mol. The van der Waals surface area contributed by atoms with Gasteiger partial charge in [0.25, 0.3) is 0 Å². The summed E-state index contributed by atoms with van der Waals surface area (Å²) in [5.41, 5.74) is 2.74. The average Bonchev–Trinajstić information content (AvgIpc) is 2.70. The second-order valence-corrected chi connectivity index (χ2v) is 4.90. The number of amides is 1. The number of aromatic nitrogens is 3. The second kappa shape index (κ2) is 5.30. The van der Waals surface area contributed by atoms with E-state index in [2.05, 4.69) is 31.6 Å². The molecule has 6 heteroatoms. The van der Waals surface area contributed by atoms with E-state index in [1.807, 2.05) is 32.0 Å². The summed E-state index contributed by atoms with van der Waals surface area (Å²) in [4.78, 5) is 11.8. The van der Waals surface area contributed by atoms with Crippen LogP contribution in [0.15, 0.2) is 28.9 Å². The van der Waals surface area contributed by atoms with Gasteiger partial charge in [-0.05, 0) is 31.5 Å². The Morgan fingerprint density at radius 1 is 1.44 bits per heavy atom. The Bertz CT molecular complexity index is 579.